The normalized spacial score (nSPS) is 17.9. The quantitative estimate of drug-likeness (QED) is 0.749. The van der Waals surface area contributed by atoms with Gasteiger partial charge in [0.05, 0.1) is 18.6 Å². The average molecular weight is 388 g/mol. The molecule has 1 aromatic heterocycles. The predicted octanol–water partition coefficient (Wildman–Crippen LogP) is 2.15. The van der Waals surface area contributed by atoms with E-state index >= 15 is 0 Å². The minimum Gasteiger partial charge on any atom is -0.383 e. The number of hydrogen-bond donors (Lipinski definition) is 1. The zero-order valence-corrected chi connectivity index (χ0v) is 16.4. The average Bonchev–Trinajstić information content (AvgIpc) is 3.27. The number of ether oxygens (including phenoxy) is 1. The first-order chi connectivity index (χ1) is 13.1. The summed E-state index contributed by atoms with van der Waals surface area (Å²) in [6.07, 6.45) is 1.88. The summed E-state index contributed by atoms with van der Waals surface area (Å²) in [5, 5.41) is 12.4. The van der Waals surface area contributed by atoms with Crippen molar-refractivity contribution in [1.82, 2.24) is 15.1 Å². The standard InChI is InChI=1S/C19H24N4O3S/c1-13(12-26-2)23-11-15(10-17(23)24)18(25)20-19-22-21-16(27-19)9-8-14-6-4-3-5-7-14/h3-7,13,15H,8-12H2,1-2H3,(H,20,22,25)/t13-,15+/m0/s1. The minimum absolute atomic E-state index is 0.0134. The van der Waals surface area contributed by atoms with Gasteiger partial charge in [0, 0.05) is 26.5 Å². The molecule has 2 amide bonds. The topological polar surface area (TPSA) is 84.4 Å². The molecule has 0 aliphatic carbocycles. The van der Waals surface area contributed by atoms with Gasteiger partial charge in [-0.25, -0.2) is 0 Å². The van der Waals surface area contributed by atoms with E-state index in [1.807, 2.05) is 25.1 Å². The Hall–Kier alpha value is -2.32. The van der Waals surface area contributed by atoms with Crippen LogP contribution in [0.4, 0.5) is 5.13 Å². The Kier molecular flexibility index (Phi) is 6.52. The molecule has 0 radical (unpaired) electrons. The van der Waals surface area contributed by atoms with E-state index in [0.29, 0.717) is 18.3 Å². The smallest absolute Gasteiger partial charge is 0.231 e. The Balaban J connectivity index is 1.51. The molecule has 27 heavy (non-hydrogen) atoms. The molecule has 144 valence electrons. The summed E-state index contributed by atoms with van der Waals surface area (Å²) in [6, 6.07) is 10.1. The Bertz CT molecular complexity index is 780. The van der Waals surface area contributed by atoms with E-state index in [-0.39, 0.29) is 30.2 Å². The van der Waals surface area contributed by atoms with E-state index in [1.54, 1.807) is 12.0 Å². The molecule has 1 aliphatic heterocycles. The third-order valence-electron chi connectivity index (χ3n) is 4.64. The zero-order chi connectivity index (χ0) is 19.2. The van der Waals surface area contributed by atoms with Gasteiger partial charge >= 0.3 is 0 Å². The summed E-state index contributed by atoms with van der Waals surface area (Å²) < 4.78 is 5.10. The number of carbonyl (C=O) groups is 2. The number of nitrogens with one attached hydrogen (secondary N) is 1. The fraction of sp³-hybridized carbons (Fsp3) is 0.474. The second-order valence-electron chi connectivity index (χ2n) is 6.73. The van der Waals surface area contributed by atoms with Gasteiger partial charge in [-0.1, -0.05) is 41.7 Å². The predicted molar refractivity (Wildman–Crippen MR) is 104 cm³/mol. The molecule has 1 fully saturated rings. The molecule has 2 heterocycles. The van der Waals surface area contributed by atoms with Crippen molar-refractivity contribution in [3.05, 3.63) is 40.9 Å². The summed E-state index contributed by atoms with van der Waals surface area (Å²) in [4.78, 5) is 26.3. The lowest BCUT2D eigenvalue weighted by Gasteiger charge is -2.23. The number of nitrogens with zero attached hydrogens (tertiary/aromatic N) is 3. The molecule has 2 atom stereocenters. The molecular formula is C19H24N4O3S. The summed E-state index contributed by atoms with van der Waals surface area (Å²) in [6.45, 7) is 2.79. The highest BCUT2D eigenvalue weighted by molar-refractivity contribution is 7.15. The van der Waals surface area contributed by atoms with Crippen LogP contribution in [0.1, 0.15) is 23.9 Å². The van der Waals surface area contributed by atoms with Gasteiger partial charge in [-0.05, 0) is 18.9 Å². The van der Waals surface area contributed by atoms with Crippen molar-refractivity contribution in [2.75, 3.05) is 25.6 Å². The minimum atomic E-state index is -0.367. The van der Waals surface area contributed by atoms with Gasteiger partial charge < -0.3 is 15.0 Å². The third-order valence-corrected chi connectivity index (χ3v) is 5.53. The molecule has 1 saturated heterocycles. The number of aromatic nitrogens is 2. The van der Waals surface area contributed by atoms with E-state index in [9.17, 15) is 9.59 Å². The number of hydrogen-bond acceptors (Lipinski definition) is 6. The molecule has 0 saturated carbocycles. The maximum Gasteiger partial charge on any atom is 0.231 e. The summed E-state index contributed by atoms with van der Waals surface area (Å²) in [5.41, 5.74) is 1.24. The van der Waals surface area contributed by atoms with Crippen molar-refractivity contribution in [2.24, 2.45) is 5.92 Å². The Labute approximate surface area is 162 Å². The van der Waals surface area contributed by atoms with Gasteiger partial charge in [-0.3, -0.25) is 9.59 Å². The van der Waals surface area contributed by atoms with E-state index in [2.05, 4.69) is 27.6 Å². The number of likely N-dealkylation sites (tertiary alicyclic amines) is 1. The van der Waals surface area contributed by atoms with Gasteiger partial charge in [-0.15, -0.1) is 10.2 Å². The molecule has 2 aromatic rings. The van der Waals surface area contributed by atoms with Crippen LogP contribution in [-0.2, 0) is 27.2 Å². The maximum atomic E-state index is 12.5. The van der Waals surface area contributed by atoms with Crippen LogP contribution in [-0.4, -0.2) is 53.2 Å². The lowest BCUT2D eigenvalue weighted by molar-refractivity contribution is -0.130. The first-order valence-electron chi connectivity index (χ1n) is 9.02. The van der Waals surface area contributed by atoms with Gasteiger partial charge in [0.25, 0.3) is 0 Å². The lowest BCUT2D eigenvalue weighted by Crippen LogP contribution is -2.38. The summed E-state index contributed by atoms with van der Waals surface area (Å²) in [7, 11) is 1.60. The molecule has 1 aromatic carbocycles. The highest BCUT2D eigenvalue weighted by Gasteiger charge is 2.36. The molecule has 0 bridgehead atoms. The molecule has 1 N–H and O–H groups in total. The van der Waals surface area contributed by atoms with Gasteiger partial charge in [-0.2, -0.15) is 0 Å². The highest BCUT2D eigenvalue weighted by Crippen LogP contribution is 2.23. The monoisotopic (exact) mass is 388 g/mol. The van der Waals surface area contributed by atoms with E-state index < -0.39 is 0 Å². The molecular weight excluding hydrogens is 364 g/mol. The van der Waals surface area contributed by atoms with Crippen molar-refractivity contribution in [2.45, 2.75) is 32.2 Å². The van der Waals surface area contributed by atoms with Crippen LogP contribution in [0, 0.1) is 5.92 Å². The molecule has 0 spiro atoms. The van der Waals surface area contributed by atoms with Crippen molar-refractivity contribution in [1.29, 1.82) is 0 Å². The number of carbonyl (C=O) groups excluding carboxylic acids is 2. The maximum absolute atomic E-state index is 12.5. The van der Waals surface area contributed by atoms with Crippen LogP contribution in [0.3, 0.4) is 0 Å². The SMILES string of the molecule is COC[C@H](C)N1C[C@H](C(=O)Nc2nnc(CCc3ccccc3)s2)CC1=O. The van der Waals surface area contributed by atoms with E-state index in [1.165, 1.54) is 16.9 Å². The van der Waals surface area contributed by atoms with Crippen LogP contribution in [0.15, 0.2) is 30.3 Å². The van der Waals surface area contributed by atoms with Gasteiger partial charge in [0.15, 0.2) is 0 Å². The molecule has 1 aliphatic rings. The first-order valence-corrected chi connectivity index (χ1v) is 9.84. The number of amides is 2. The van der Waals surface area contributed by atoms with Crippen molar-refractivity contribution < 1.29 is 14.3 Å². The second kappa shape index (κ2) is 9.05. The number of anilines is 1. The molecule has 8 heteroatoms. The third kappa shape index (κ3) is 5.11. The Morgan fingerprint density at radius 3 is 2.85 bits per heavy atom. The van der Waals surface area contributed by atoms with Gasteiger partial charge in [0.2, 0.25) is 16.9 Å². The van der Waals surface area contributed by atoms with Crippen LogP contribution in [0.2, 0.25) is 0 Å². The fourth-order valence-electron chi connectivity index (χ4n) is 3.17. The highest BCUT2D eigenvalue weighted by atomic mass is 32.1. The summed E-state index contributed by atoms with van der Waals surface area (Å²) in [5.74, 6) is -0.560. The van der Waals surface area contributed by atoms with Crippen molar-refractivity contribution >= 4 is 28.3 Å². The molecule has 0 unspecified atom stereocenters. The van der Waals surface area contributed by atoms with Gasteiger partial charge in [0.1, 0.15) is 5.01 Å². The Morgan fingerprint density at radius 1 is 1.33 bits per heavy atom. The Morgan fingerprint density at radius 2 is 2.11 bits per heavy atom. The number of benzene rings is 1. The van der Waals surface area contributed by atoms with Crippen molar-refractivity contribution in [3.8, 4) is 0 Å². The number of rotatable bonds is 8. The van der Waals surface area contributed by atoms with Crippen LogP contribution >= 0.6 is 11.3 Å². The van der Waals surface area contributed by atoms with Crippen molar-refractivity contribution in [3.63, 3.8) is 0 Å². The fourth-order valence-corrected chi connectivity index (χ4v) is 3.92. The summed E-state index contributed by atoms with van der Waals surface area (Å²) >= 11 is 1.38. The lowest BCUT2D eigenvalue weighted by atomic mass is 10.1. The van der Waals surface area contributed by atoms with E-state index in [0.717, 1.165) is 17.8 Å². The first kappa shape index (κ1) is 19.4. The molecule has 3 rings (SSSR count). The van der Waals surface area contributed by atoms with Crippen LogP contribution in [0.5, 0.6) is 0 Å². The zero-order valence-electron chi connectivity index (χ0n) is 15.6. The number of methoxy groups -OCH3 is 1. The molecule has 7 nitrogen and oxygen atoms in total. The second-order valence-corrected chi connectivity index (χ2v) is 7.79. The number of aryl methyl sites for hydroxylation is 2. The largest absolute Gasteiger partial charge is 0.383 e. The van der Waals surface area contributed by atoms with Crippen LogP contribution < -0.4 is 5.32 Å². The van der Waals surface area contributed by atoms with E-state index in [4.69, 9.17) is 4.74 Å². The van der Waals surface area contributed by atoms with Crippen LogP contribution in [0.25, 0.3) is 0 Å².